The molecule has 0 bridgehead atoms. The normalized spacial score (nSPS) is 31.7. The van der Waals surface area contributed by atoms with Crippen LogP contribution < -0.4 is 0 Å². The first kappa shape index (κ1) is 8.57. The van der Waals surface area contributed by atoms with Gasteiger partial charge in [0.15, 0.2) is 0 Å². The number of hydrogen-bond donors (Lipinski definition) is 0. The van der Waals surface area contributed by atoms with Gasteiger partial charge in [-0.2, -0.15) is 0 Å². The second-order valence-electron chi connectivity index (χ2n) is 3.50. The molecule has 1 saturated carbocycles. The van der Waals surface area contributed by atoms with E-state index in [-0.39, 0.29) is 0 Å². The average molecular weight is 186 g/mol. The van der Waals surface area contributed by atoms with Crippen LogP contribution in [-0.4, -0.2) is 29.5 Å². The lowest BCUT2D eigenvalue weighted by molar-refractivity contribution is -0.119. The van der Waals surface area contributed by atoms with Crippen LogP contribution in [0.3, 0.4) is 0 Å². The van der Waals surface area contributed by atoms with Gasteiger partial charge in [-0.15, -0.1) is 11.8 Å². The summed E-state index contributed by atoms with van der Waals surface area (Å²) in [6, 6.07) is 0. The van der Waals surface area contributed by atoms with E-state index in [1.807, 2.05) is 11.8 Å². The van der Waals surface area contributed by atoms with Gasteiger partial charge in [-0.05, 0) is 12.8 Å². The maximum atomic E-state index is 11.4. The monoisotopic (exact) mass is 186 g/mol. The lowest BCUT2D eigenvalue weighted by Crippen LogP contribution is -2.35. The van der Waals surface area contributed by atoms with E-state index in [1.165, 1.54) is 6.42 Å². The second kappa shape index (κ2) is 3.79. The van der Waals surface area contributed by atoms with E-state index < -0.39 is 0 Å². The number of thioether (sulfide) groups is 1. The van der Waals surface area contributed by atoms with E-state index >= 15 is 0 Å². The first-order valence-corrected chi connectivity index (χ1v) is 5.56. The van der Waals surface area contributed by atoms with E-state index in [1.54, 1.807) is 0 Å². The molecule has 1 saturated heterocycles. The molecule has 1 atom stereocenters. The third kappa shape index (κ3) is 1.83. The van der Waals surface area contributed by atoms with Crippen molar-refractivity contribution in [2.24, 2.45) is 0 Å². The van der Waals surface area contributed by atoms with E-state index in [9.17, 15) is 4.79 Å². The lowest BCUT2D eigenvalue weighted by atomic mass is 9.99. The van der Waals surface area contributed by atoms with Gasteiger partial charge in [0.25, 0.3) is 0 Å². The number of carbonyl (C=O) groups excluding carboxylic acids is 1. The summed E-state index contributed by atoms with van der Waals surface area (Å²) < 4.78 is 5.08. The van der Waals surface area contributed by atoms with Gasteiger partial charge in [0.2, 0.25) is 0 Å². The van der Waals surface area contributed by atoms with Crippen LogP contribution in [0.15, 0.2) is 0 Å². The fourth-order valence-electron chi connectivity index (χ4n) is 1.62. The minimum atomic E-state index is 0.299. The summed E-state index contributed by atoms with van der Waals surface area (Å²) in [5.74, 6) is 0.471. The van der Waals surface area contributed by atoms with Gasteiger partial charge < -0.3 is 4.74 Å². The van der Waals surface area contributed by atoms with Crippen LogP contribution in [0, 0.1) is 0 Å². The Balaban J connectivity index is 1.80. The zero-order valence-corrected chi connectivity index (χ0v) is 7.94. The number of carbonyl (C=O) groups is 1. The van der Waals surface area contributed by atoms with Gasteiger partial charge in [-0.1, -0.05) is 6.42 Å². The predicted octanol–water partition coefficient (Wildman–Crippen LogP) is 1.63. The smallest absolute Gasteiger partial charge is 0.145 e. The molecule has 1 unspecified atom stereocenters. The maximum absolute atomic E-state index is 11.4. The largest absolute Gasteiger partial charge is 0.379 e. The molecule has 12 heavy (non-hydrogen) atoms. The average Bonchev–Trinajstić information content (AvgIpc) is 2.00. The Morgan fingerprint density at radius 1 is 1.33 bits per heavy atom. The molecule has 0 aromatic rings. The van der Waals surface area contributed by atoms with Crippen molar-refractivity contribution in [3.8, 4) is 0 Å². The summed E-state index contributed by atoms with van der Waals surface area (Å²) in [4.78, 5) is 11.4. The van der Waals surface area contributed by atoms with Gasteiger partial charge in [0.05, 0.1) is 23.7 Å². The van der Waals surface area contributed by atoms with Crippen molar-refractivity contribution < 1.29 is 9.53 Å². The van der Waals surface area contributed by atoms with Crippen molar-refractivity contribution in [3.63, 3.8) is 0 Å². The Kier molecular flexibility index (Phi) is 2.71. The lowest BCUT2D eigenvalue weighted by Gasteiger charge is -2.30. The van der Waals surface area contributed by atoms with Crippen LogP contribution >= 0.6 is 11.8 Å². The van der Waals surface area contributed by atoms with Crippen molar-refractivity contribution in [3.05, 3.63) is 0 Å². The van der Waals surface area contributed by atoms with Crippen molar-refractivity contribution in [1.82, 2.24) is 0 Å². The molecule has 68 valence electrons. The number of ether oxygens (including phenoxy) is 1. The Morgan fingerprint density at radius 2 is 2.17 bits per heavy atom. The first-order chi connectivity index (χ1) is 5.86. The third-order valence-corrected chi connectivity index (χ3v) is 3.95. The SMILES string of the molecule is O=C1CCCCC1SC1COC1. The second-order valence-corrected chi connectivity index (χ2v) is 5.00. The molecule has 0 aromatic carbocycles. The molecule has 0 N–H and O–H groups in total. The molecule has 1 heterocycles. The van der Waals surface area contributed by atoms with E-state index in [4.69, 9.17) is 4.74 Å². The fourth-order valence-corrected chi connectivity index (χ4v) is 3.01. The van der Waals surface area contributed by atoms with E-state index in [0.717, 1.165) is 32.5 Å². The third-order valence-electron chi connectivity index (χ3n) is 2.46. The van der Waals surface area contributed by atoms with Crippen LogP contribution in [0.1, 0.15) is 25.7 Å². The van der Waals surface area contributed by atoms with Crippen LogP contribution in [0.2, 0.25) is 0 Å². The van der Waals surface area contributed by atoms with Crippen molar-refractivity contribution in [2.75, 3.05) is 13.2 Å². The highest BCUT2D eigenvalue weighted by atomic mass is 32.2. The summed E-state index contributed by atoms with van der Waals surface area (Å²) in [5.41, 5.74) is 0. The Hall–Kier alpha value is -0.0200. The molecular weight excluding hydrogens is 172 g/mol. The van der Waals surface area contributed by atoms with Crippen molar-refractivity contribution in [2.45, 2.75) is 36.2 Å². The minimum Gasteiger partial charge on any atom is -0.379 e. The highest BCUT2D eigenvalue weighted by Crippen LogP contribution is 2.31. The van der Waals surface area contributed by atoms with Crippen molar-refractivity contribution in [1.29, 1.82) is 0 Å². The van der Waals surface area contributed by atoms with Crippen LogP contribution in [0.4, 0.5) is 0 Å². The molecule has 3 heteroatoms. The van der Waals surface area contributed by atoms with Crippen LogP contribution in [0.25, 0.3) is 0 Å². The molecule has 1 aliphatic heterocycles. The molecule has 2 fully saturated rings. The quantitative estimate of drug-likeness (QED) is 0.655. The molecule has 0 amide bonds. The van der Waals surface area contributed by atoms with E-state index in [2.05, 4.69) is 0 Å². The Labute approximate surface area is 77.0 Å². The molecule has 2 nitrogen and oxygen atoms in total. The molecule has 0 spiro atoms. The number of hydrogen-bond acceptors (Lipinski definition) is 3. The molecule has 0 radical (unpaired) electrons. The number of Topliss-reactive ketones (excluding diaryl/α,β-unsaturated/α-hetero) is 1. The maximum Gasteiger partial charge on any atom is 0.145 e. The topological polar surface area (TPSA) is 26.3 Å². The highest BCUT2D eigenvalue weighted by molar-refractivity contribution is 8.01. The number of ketones is 1. The van der Waals surface area contributed by atoms with Crippen molar-refractivity contribution >= 4 is 17.5 Å². The predicted molar refractivity (Wildman–Crippen MR) is 49.5 cm³/mol. The molecule has 2 rings (SSSR count). The highest BCUT2D eigenvalue weighted by Gasteiger charge is 2.29. The standard InChI is InChI=1S/C9H14O2S/c10-8-3-1-2-4-9(8)12-7-5-11-6-7/h7,9H,1-6H2. The zero-order chi connectivity index (χ0) is 8.39. The van der Waals surface area contributed by atoms with Crippen LogP contribution in [-0.2, 0) is 9.53 Å². The summed E-state index contributed by atoms with van der Waals surface area (Å²) >= 11 is 1.84. The molecule has 2 aliphatic rings. The zero-order valence-electron chi connectivity index (χ0n) is 7.12. The van der Waals surface area contributed by atoms with Gasteiger partial charge in [0, 0.05) is 6.42 Å². The summed E-state index contributed by atoms with van der Waals surface area (Å²) in [6.07, 6.45) is 4.25. The molecule has 0 aromatic heterocycles. The minimum absolute atomic E-state index is 0.299. The fraction of sp³-hybridized carbons (Fsp3) is 0.889. The van der Waals surface area contributed by atoms with E-state index in [0.29, 0.717) is 16.3 Å². The molecular formula is C9H14O2S. The van der Waals surface area contributed by atoms with Gasteiger partial charge in [0.1, 0.15) is 5.78 Å². The number of rotatable bonds is 2. The van der Waals surface area contributed by atoms with Gasteiger partial charge >= 0.3 is 0 Å². The summed E-state index contributed by atoms with van der Waals surface area (Å²) in [6.45, 7) is 1.71. The van der Waals surface area contributed by atoms with Gasteiger partial charge in [-0.3, -0.25) is 4.79 Å². The van der Waals surface area contributed by atoms with Crippen LogP contribution in [0.5, 0.6) is 0 Å². The Bertz CT molecular complexity index is 177. The summed E-state index contributed by atoms with van der Waals surface area (Å²) in [5, 5.41) is 0.907. The van der Waals surface area contributed by atoms with Gasteiger partial charge in [-0.25, -0.2) is 0 Å². The first-order valence-electron chi connectivity index (χ1n) is 4.62. The summed E-state index contributed by atoms with van der Waals surface area (Å²) in [7, 11) is 0. The Morgan fingerprint density at radius 3 is 2.75 bits per heavy atom. The molecule has 1 aliphatic carbocycles.